The summed E-state index contributed by atoms with van der Waals surface area (Å²) in [7, 11) is 1.86. The van der Waals surface area contributed by atoms with E-state index in [1.807, 2.05) is 25.4 Å². The molecule has 0 aromatic carbocycles. The molecule has 0 spiro atoms. The van der Waals surface area contributed by atoms with Crippen molar-refractivity contribution in [3.63, 3.8) is 0 Å². The molecule has 1 aromatic rings. The maximum atomic E-state index is 12.4. The van der Waals surface area contributed by atoms with Gasteiger partial charge in [0, 0.05) is 13.6 Å². The van der Waals surface area contributed by atoms with Crippen LogP contribution in [0.15, 0.2) is 11.4 Å². The minimum atomic E-state index is -0.273. The van der Waals surface area contributed by atoms with Gasteiger partial charge in [0.1, 0.15) is 5.00 Å². The number of hydrogen-bond acceptors (Lipinski definition) is 3. The summed E-state index contributed by atoms with van der Waals surface area (Å²) in [4.78, 5) is 14.2. The average Bonchev–Trinajstić information content (AvgIpc) is 2.62. The van der Waals surface area contributed by atoms with Crippen LogP contribution in [0, 0.1) is 12.3 Å². The van der Waals surface area contributed by atoms with Gasteiger partial charge in [0.25, 0.3) is 0 Å². The molecule has 16 heavy (non-hydrogen) atoms. The van der Waals surface area contributed by atoms with Crippen LogP contribution < -0.4 is 10.6 Å². The largest absolute Gasteiger partial charge is 0.329 e. The highest BCUT2D eigenvalue weighted by atomic mass is 32.1. The van der Waals surface area contributed by atoms with Crippen molar-refractivity contribution in [3.05, 3.63) is 17.0 Å². The Morgan fingerprint density at radius 3 is 2.69 bits per heavy atom. The van der Waals surface area contributed by atoms with Gasteiger partial charge in [0.05, 0.1) is 5.41 Å². The van der Waals surface area contributed by atoms with E-state index in [1.165, 1.54) is 0 Å². The Hall–Kier alpha value is -0.870. The van der Waals surface area contributed by atoms with Crippen LogP contribution in [0.4, 0.5) is 5.00 Å². The van der Waals surface area contributed by atoms with Gasteiger partial charge in [-0.1, -0.05) is 6.42 Å². The highest BCUT2D eigenvalue weighted by molar-refractivity contribution is 7.14. The Morgan fingerprint density at radius 1 is 1.62 bits per heavy atom. The van der Waals surface area contributed by atoms with Crippen LogP contribution in [0.5, 0.6) is 0 Å². The third-order valence-electron chi connectivity index (χ3n) is 3.60. The molecule has 1 aliphatic rings. The number of amides is 1. The summed E-state index contributed by atoms with van der Waals surface area (Å²) in [6.45, 7) is 2.51. The van der Waals surface area contributed by atoms with E-state index in [0.717, 1.165) is 29.8 Å². The number of rotatable bonds is 3. The summed E-state index contributed by atoms with van der Waals surface area (Å²) in [5.41, 5.74) is 6.64. The first-order chi connectivity index (χ1) is 7.60. The zero-order valence-electron chi connectivity index (χ0n) is 9.82. The molecule has 3 nitrogen and oxygen atoms in total. The number of aryl methyl sites for hydroxylation is 1. The van der Waals surface area contributed by atoms with Crippen molar-refractivity contribution in [2.45, 2.75) is 26.2 Å². The number of thiophene rings is 1. The SMILES string of the molecule is Cc1ccsc1N(C)C(=O)C1(CN)CCC1. The number of nitrogens with two attached hydrogens (primary N) is 1. The van der Waals surface area contributed by atoms with Gasteiger partial charge in [-0.3, -0.25) is 4.79 Å². The third-order valence-corrected chi connectivity index (χ3v) is 4.69. The van der Waals surface area contributed by atoms with Crippen LogP contribution in [-0.4, -0.2) is 19.5 Å². The lowest BCUT2D eigenvalue weighted by molar-refractivity contribution is -0.131. The fourth-order valence-electron chi connectivity index (χ4n) is 2.27. The number of anilines is 1. The summed E-state index contributed by atoms with van der Waals surface area (Å²) < 4.78 is 0. The fraction of sp³-hybridized carbons (Fsp3) is 0.583. The molecule has 0 unspecified atom stereocenters. The third kappa shape index (κ3) is 1.66. The molecule has 1 aliphatic carbocycles. The molecule has 1 saturated carbocycles. The lowest BCUT2D eigenvalue weighted by Crippen LogP contribution is -2.51. The van der Waals surface area contributed by atoms with E-state index in [1.54, 1.807) is 16.2 Å². The lowest BCUT2D eigenvalue weighted by atomic mass is 9.68. The molecule has 2 N–H and O–H groups in total. The second-order valence-corrected chi connectivity index (χ2v) is 5.51. The Labute approximate surface area is 100 Å². The topological polar surface area (TPSA) is 46.3 Å². The molecule has 0 bridgehead atoms. The molecule has 0 atom stereocenters. The summed E-state index contributed by atoms with van der Waals surface area (Å²) >= 11 is 1.61. The van der Waals surface area contributed by atoms with Gasteiger partial charge in [-0.15, -0.1) is 11.3 Å². The van der Waals surface area contributed by atoms with Crippen molar-refractivity contribution in [1.82, 2.24) is 0 Å². The number of nitrogens with zero attached hydrogens (tertiary/aromatic N) is 1. The monoisotopic (exact) mass is 238 g/mol. The minimum absolute atomic E-state index is 0.187. The van der Waals surface area contributed by atoms with Crippen molar-refractivity contribution in [2.24, 2.45) is 11.1 Å². The van der Waals surface area contributed by atoms with E-state index in [-0.39, 0.29) is 11.3 Å². The molecular weight excluding hydrogens is 220 g/mol. The van der Waals surface area contributed by atoms with Crippen LogP contribution in [0.2, 0.25) is 0 Å². The van der Waals surface area contributed by atoms with Crippen LogP contribution in [0.1, 0.15) is 24.8 Å². The Balaban J connectivity index is 2.19. The first-order valence-corrected chi connectivity index (χ1v) is 6.51. The van der Waals surface area contributed by atoms with E-state index in [0.29, 0.717) is 6.54 Å². The molecule has 88 valence electrons. The molecule has 0 radical (unpaired) electrons. The Kier molecular flexibility index (Phi) is 3.04. The van der Waals surface area contributed by atoms with Crippen molar-refractivity contribution in [2.75, 3.05) is 18.5 Å². The van der Waals surface area contributed by atoms with Crippen LogP contribution >= 0.6 is 11.3 Å². The molecule has 1 fully saturated rings. The van der Waals surface area contributed by atoms with Crippen molar-refractivity contribution in [3.8, 4) is 0 Å². The summed E-state index contributed by atoms with van der Waals surface area (Å²) in [5.74, 6) is 0.187. The molecule has 1 heterocycles. The van der Waals surface area contributed by atoms with E-state index < -0.39 is 0 Å². The van der Waals surface area contributed by atoms with Gasteiger partial charge in [-0.2, -0.15) is 0 Å². The zero-order valence-corrected chi connectivity index (χ0v) is 10.6. The van der Waals surface area contributed by atoms with Crippen LogP contribution in [0.3, 0.4) is 0 Å². The molecule has 2 rings (SSSR count). The second-order valence-electron chi connectivity index (χ2n) is 4.61. The standard InChI is InChI=1S/C12H18N2OS/c1-9-4-7-16-10(9)14(2)11(15)12(8-13)5-3-6-12/h4,7H,3,5-6,8,13H2,1-2H3. The second kappa shape index (κ2) is 4.18. The van der Waals surface area contributed by atoms with Gasteiger partial charge in [-0.25, -0.2) is 0 Å². The highest BCUT2D eigenvalue weighted by Crippen LogP contribution is 2.42. The fourth-order valence-corrected chi connectivity index (χ4v) is 3.16. The Morgan fingerprint density at radius 2 is 2.31 bits per heavy atom. The van der Waals surface area contributed by atoms with E-state index in [4.69, 9.17) is 5.73 Å². The lowest BCUT2D eigenvalue weighted by Gasteiger charge is -2.41. The molecule has 0 saturated heterocycles. The predicted octanol–water partition coefficient (Wildman–Crippen LogP) is 2.15. The van der Waals surface area contributed by atoms with Gasteiger partial charge in [0.2, 0.25) is 5.91 Å². The quantitative estimate of drug-likeness (QED) is 0.877. The van der Waals surface area contributed by atoms with E-state index in [9.17, 15) is 4.79 Å². The molecule has 1 amide bonds. The van der Waals surface area contributed by atoms with Crippen molar-refractivity contribution in [1.29, 1.82) is 0 Å². The molecule has 1 aromatic heterocycles. The summed E-state index contributed by atoms with van der Waals surface area (Å²) in [6, 6.07) is 2.04. The smallest absolute Gasteiger partial charge is 0.234 e. The van der Waals surface area contributed by atoms with Crippen molar-refractivity contribution >= 4 is 22.2 Å². The van der Waals surface area contributed by atoms with E-state index in [2.05, 4.69) is 0 Å². The normalized spacial score (nSPS) is 17.9. The van der Waals surface area contributed by atoms with E-state index >= 15 is 0 Å². The number of carbonyl (C=O) groups excluding carboxylic acids is 1. The number of carbonyl (C=O) groups is 1. The van der Waals surface area contributed by atoms with Gasteiger partial charge < -0.3 is 10.6 Å². The zero-order chi connectivity index (χ0) is 11.8. The first-order valence-electron chi connectivity index (χ1n) is 5.63. The molecule has 0 aliphatic heterocycles. The predicted molar refractivity (Wildman–Crippen MR) is 67.8 cm³/mol. The van der Waals surface area contributed by atoms with Gasteiger partial charge in [-0.05, 0) is 36.8 Å². The molecular formula is C12H18N2OS. The highest BCUT2D eigenvalue weighted by Gasteiger charge is 2.44. The maximum absolute atomic E-state index is 12.4. The van der Waals surface area contributed by atoms with Crippen molar-refractivity contribution < 1.29 is 4.79 Å². The van der Waals surface area contributed by atoms with Crippen LogP contribution in [0.25, 0.3) is 0 Å². The summed E-state index contributed by atoms with van der Waals surface area (Å²) in [5, 5.41) is 3.06. The molecule has 4 heteroatoms. The first kappa shape index (κ1) is 11.6. The minimum Gasteiger partial charge on any atom is -0.329 e. The van der Waals surface area contributed by atoms with Crippen LogP contribution in [-0.2, 0) is 4.79 Å². The Bertz CT molecular complexity index is 390. The van der Waals surface area contributed by atoms with Gasteiger partial charge in [0.15, 0.2) is 0 Å². The number of hydrogen-bond donors (Lipinski definition) is 1. The van der Waals surface area contributed by atoms with Gasteiger partial charge >= 0.3 is 0 Å². The average molecular weight is 238 g/mol. The summed E-state index contributed by atoms with van der Waals surface area (Å²) in [6.07, 6.45) is 3.01. The maximum Gasteiger partial charge on any atom is 0.234 e.